The van der Waals surface area contributed by atoms with Crippen molar-refractivity contribution in [2.24, 2.45) is 11.1 Å². The van der Waals surface area contributed by atoms with Gasteiger partial charge < -0.3 is 11.1 Å². The molecular weight excluding hydrogens is 164 g/mol. The molecule has 1 amide bonds. The van der Waals surface area contributed by atoms with E-state index in [0.29, 0.717) is 6.04 Å². The summed E-state index contributed by atoms with van der Waals surface area (Å²) >= 11 is 0. The van der Waals surface area contributed by atoms with E-state index in [0.717, 1.165) is 45.1 Å². The highest BCUT2D eigenvalue weighted by Crippen LogP contribution is 2.41. The summed E-state index contributed by atoms with van der Waals surface area (Å²) in [7, 11) is 0. The fourth-order valence-electron chi connectivity index (χ4n) is 2.60. The number of hydrogen-bond acceptors (Lipinski definition) is 2. The minimum atomic E-state index is -0.0336. The number of hydrogen-bond donors (Lipinski definition) is 2. The summed E-state index contributed by atoms with van der Waals surface area (Å²) in [5, 5.41) is 2.98. The van der Waals surface area contributed by atoms with Crippen LogP contribution in [-0.2, 0) is 4.79 Å². The maximum absolute atomic E-state index is 11.7. The number of carbonyl (C=O) groups is 1. The average molecular weight is 182 g/mol. The van der Waals surface area contributed by atoms with Crippen LogP contribution < -0.4 is 11.1 Å². The molecule has 1 spiro atoms. The molecule has 0 aromatic carbocycles. The van der Waals surface area contributed by atoms with Crippen LogP contribution in [-0.4, -0.2) is 18.5 Å². The van der Waals surface area contributed by atoms with Crippen molar-refractivity contribution >= 4 is 5.91 Å². The van der Waals surface area contributed by atoms with Gasteiger partial charge in [-0.2, -0.15) is 0 Å². The summed E-state index contributed by atoms with van der Waals surface area (Å²) in [5.41, 5.74) is 5.80. The lowest BCUT2D eigenvalue weighted by molar-refractivity contribution is -0.135. The zero-order chi connectivity index (χ0) is 9.31. The third-order valence-electron chi connectivity index (χ3n) is 3.59. The Hall–Kier alpha value is -0.570. The predicted molar refractivity (Wildman–Crippen MR) is 51.1 cm³/mol. The van der Waals surface area contributed by atoms with Gasteiger partial charge in [-0.25, -0.2) is 0 Å². The summed E-state index contributed by atoms with van der Waals surface area (Å²) in [5.74, 6) is 0.283. The SMILES string of the molecule is NC1CCC2(CCCNC2=O)CC1. The first kappa shape index (κ1) is 9.00. The molecule has 0 aromatic rings. The summed E-state index contributed by atoms with van der Waals surface area (Å²) in [4.78, 5) is 11.7. The van der Waals surface area contributed by atoms with Gasteiger partial charge in [-0.1, -0.05) is 0 Å². The molecule has 2 aliphatic rings. The van der Waals surface area contributed by atoms with Gasteiger partial charge in [-0.3, -0.25) is 4.79 Å². The van der Waals surface area contributed by atoms with E-state index in [2.05, 4.69) is 5.32 Å². The number of carbonyl (C=O) groups excluding carboxylic acids is 1. The number of nitrogens with two attached hydrogens (primary N) is 1. The summed E-state index contributed by atoms with van der Waals surface area (Å²) in [6, 6.07) is 0.334. The Morgan fingerprint density at radius 2 is 2.00 bits per heavy atom. The van der Waals surface area contributed by atoms with E-state index in [1.165, 1.54) is 0 Å². The molecule has 1 aliphatic heterocycles. The van der Waals surface area contributed by atoms with Crippen LogP contribution in [0.15, 0.2) is 0 Å². The van der Waals surface area contributed by atoms with Crippen molar-refractivity contribution in [1.82, 2.24) is 5.32 Å². The van der Waals surface area contributed by atoms with Crippen molar-refractivity contribution in [3.63, 3.8) is 0 Å². The van der Waals surface area contributed by atoms with E-state index in [1.54, 1.807) is 0 Å². The largest absolute Gasteiger partial charge is 0.356 e. The molecule has 3 heteroatoms. The second kappa shape index (κ2) is 3.29. The lowest BCUT2D eigenvalue weighted by Crippen LogP contribution is -2.49. The van der Waals surface area contributed by atoms with Crippen LogP contribution >= 0.6 is 0 Å². The lowest BCUT2D eigenvalue weighted by Gasteiger charge is -2.40. The van der Waals surface area contributed by atoms with Crippen LogP contribution in [0.2, 0.25) is 0 Å². The monoisotopic (exact) mass is 182 g/mol. The highest BCUT2D eigenvalue weighted by atomic mass is 16.2. The first-order chi connectivity index (χ1) is 6.23. The van der Waals surface area contributed by atoms with Crippen LogP contribution in [0.5, 0.6) is 0 Å². The molecule has 2 fully saturated rings. The zero-order valence-corrected chi connectivity index (χ0v) is 8.01. The number of nitrogens with one attached hydrogen (secondary N) is 1. The van der Waals surface area contributed by atoms with Gasteiger partial charge >= 0.3 is 0 Å². The molecule has 0 radical (unpaired) electrons. The number of rotatable bonds is 0. The second-order valence-electron chi connectivity index (χ2n) is 4.48. The van der Waals surface area contributed by atoms with E-state index in [4.69, 9.17) is 5.73 Å². The van der Waals surface area contributed by atoms with Crippen molar-refractivity contribution in [3.05, 3.63) is 0 Å². The highest BCUT2D eigenvalue weighted by molar-refractivity contribution is 5.83. The fourth-order valence-corrected chi connectivity index (χ4v) is 2.60. The Balaban J connectivity index is 2.06. The van der Waals surface area contributed by atoms with Gasteiger partial charge in [0.25, 0.3) is 0 Å². The van der Waals surface area contributed by atoms with Crippen molar-refractivity contribution in [3.8, 4) is 0 Å². The van der Waals surface area contributed by atoms with Gasteiger partial charge in [-0.15, -0.1) is 0 Å². The van der Waals surface area contributed by atoms with E-state index in [9.17, 15) is 4.79 Å². The highest BCUT2D eigenvalue weighted by Gasteiger charge is 2.42. The van der Waals surface area contributed by atoms with E-state index >= 15 is 0 Å². The third kappa shape index (κ3) is 1.57. The van der Waals surface area contributed by atoms with Crippen LogP contribution in [0, 0.1) is 5.41 Å². The quantitative estimate of drug-likeness (QED) is 0.582. The van der Waals surface area contributed by atoms with Crippen LogP contribution in [0.4, 0.5) is 0 Å². The topological polar surface area (TPSA) is 55.1 Å². The Labute approximate surface area is 79.1 Å². The molecule has 0 unspecified atom stereocenters. The Bertz CT molecular complexity index is 207. The van der Waals surface area contributed by atoms with Gasteiger partial charge in [0, 0.05) is 18.0 Å². The molecular formula is C10H18N2O. The summed E-state index contributed by atoms with van der Waals surface area (Å²) in [6.07, 6.45) is 6.26. The number of piperidine rings is 1. The zero-order valence-electron chi connectivity index (χ0n) is 8.01. The van der Waals surface area contributed by atoms with Crippen LogP contribution in [0.25, 0.3) is 0 Å². The lowest BCUT2D eigenvalue weighted by atomic mass is 9.68. The summed E-state index contributed by atoms with van der Waals surface area (Å²) < 4.78 is 0. The van der Waals surface area contributed by atoms with E-state index in [-0.39, 0.29) is 11.3 Å². The minimum absolute atomic E-state index is 0.0336. The average Bonchev–Trinajstić information content (AvgIpc) is 2.15. The molecule has 1 saturated carbocycles. The molecule has 1 saturated heterocycles. The maximum Gasteiger partial charge on any atom is 0.226 e. The van der Waals surface area contributed by atoms with Crippen molar-refractivity contribution in [1.29, 1.82) is 0 Å². The Kier molecular flexibility index (Phi) is 2.28. The van der Waals surface area contributed by atoms with Crippen molar-refractivity contribution < 1.29 is 4.79 Å². The fraction of sp³-hybridized carbons (Fsp3) is 0.900. The minimum Gasteiger partial charge on any atom is -0.356 e. The molecule has 3 N–H and O–H groups in total. The van der Waals surface area contributed by atoms with Gasteiger partial charge in [0.2, 0.25) is 5.91 Å². The number of amides is 1. The molecule has 0 bridgehead atoms. The van der Waals surface area contributed by atoms with Crippen LogP contribution in [0.1, 0.15) is 38.5 Å². The Morgan fingerprint density at radius 1 is 1.31 bits per heavy atom. The first-order valence-corrected chi connectivity index (χ1v) is 5.27. The van der Waals surface area contributed by atoms with Crippen molar-refractivity contribution in [2.45, 2.75) is 44.6 Å². The molecule has 13 heavy (non-hydrogen) atoms. The molecule has 74 valence electrons. The predicted octanol–water partition coefficient (Wildman–Crippen LogP) is 0.784. The molecule has 1 aliphatic carbocycles. The van der Waals surface area contributed by atoms with Gasteiger partial charge in [0.15, 0.2) is 0 Å². The summed E-state index contributed by atoms with van der Waals surface area (Å²) in [6.45, 7) is 0.868. The smallest absolute Gasteiger partial charge is 0.226 e. The van der Waals surface area contributed by atoms with Gasteiger partial charge in [-0.05, 0) is 38.5 Å². The normalized spacial score (nSPS) is 40.4. The molecule has 2 rings (SSSR count). The van der Waals surface area contributed by atoms with E-state index in [1.807, 2.05) is 0 Å². The molecule has 3 nitrogen and oxygen atoms in total. The van der Waals surface area contributed by atoms with Crippen LogP contribution in [0.3, 0.4) is 0 Å². The first-order valence-electron chi connectivity index (χ1n) is 5.27. The molecule has 0 aromatic heterocycles. The van der Waals surface area contributed by atoms with Gasteiger partial charge in [0.1, 0.15) is 0 Å². The standard InChI is InChI=1S/C10H18N2O/c11-8-2-5-10(6-3-8)4-1-7-12-9(10)13/h8H,1-7,11H2,(H,12,13). The second-order valence-corrected chi connectivity index (χ2v) is 4.48. The maximum atomic E-state index is 11.7. The third-order valence-corrected chi connectivity index (χ3v) is 3.59. The molecule has 1 heterocycles. The van der Waals surface area contributed by atoms with E-state index < -0.39 is 0 Å². The Morgan fingerprint density at radius 3 is 2.62 bits per heavy atom. The van der Waals surface area contributed by atoms with Crippen molar-refractivity contribution in [2.75, 3.05) is 6.54 Å². The molecule has 0 atom stereocenters. The van der Waals surface area contributed by atoms with Gasteiger partial charge in [0.05, 0.1) is 0 Å².